The van der Waals surface area contributed by atoms with Crippen LogP contribution in [0.3, 0.4) is 0 Å². The number of hydrogen-bond acceptors (Lipinski definition) is 2. The molecule has 1 N–H and O–H groups in total. The number of amides is 1. The van der Waals surface area contributed by atoms with Crippen LogP contribution in [0.2, 0.25) is 0 Å². The number of hydrogen-bond donors (Lipinski definition) is 1. The Morgan fingerprint density at radius 2 is 2.13 bits per heavy atom. The van der Waals surface area contributed by atoms with Gasteiger partial charge >= 0.3 is 6.09 Å². The second-order valence-electron chi connectivity index (χ2n) is 2.96. The molecule has 0 atom stereocenters. The fourth-order valence-corrected chi connectivity index (χ4v) is 1.08. The zero-order chi connectivity index (χ0) is 11.1. The van der Waals surface area contributed by atoms with Crippen molar-refractivity contribution in [3.63, 3.8) is 0 Å². The zero-order valence-electron chi connectivity index (χ0n) is 8.62. The van der Waals surface area contributed by atoms with E-state index >= 15 is 0 Å². The van der Waals surface area contributed by atoms with Crippen LogP contribution in [0.25, 0.3) is 0 Å². The molecule has 15 heavy (non-hydrogen) atoms. The van der Waals surface area contributed by atoms with E-state index in [9.17, 15) is 4.79 Å². The van der Waals surface area contributed by atoms with E-state index in [2.05, 4.69) is 22.9 Å². The molecule has 0 saturated heterocycles. The van der Waals surface area contributed by atoms with E-state index in [0.717, 1.165) is 6.42 Å². The Morgan fingerprint density at radius 3 is 2.67 bits per heavy atom. The van der Waals surface area contributed by atoms with Gasteiger partial charge in [-0.05, 0) is 24.1 Å². The minimum atomic E-state index is -0.530. The number of anilines is 1. The van der Waals surface area contributed by atoms with Crippen molar-refractivity contribution in [2.45, 2.75) is 13.3 Å². The lowest BCUT2D eigenvalue weighted by molar-refractivity contribution is 0.176. The lowest BCUT2D eigenvalue weighted by Gasteiger charge is -2.05. The third kappa shape index (κ3) is 3.74. The van der Waals surface area contributed by atoms with Gasteiger partial charge in [-0.15, -0.1) is 6.42 Å². The summed E-state index contributed by atoms with van der Waals surface area (Å²) in [6.07, 6.45) is 5.40. The van der Waals surface area contributed by atoms with Crippen molar-refractivity contribution in [1.82, 2.24) is 0 Å². The molecule has 1 aromatic carbocycles. The second-order valence-corrected chi connectivity index (χ2v) is 2.96. The molecular weight excluding hydrogens is 190 g/mol. The first kappa shape index (κ1) is 11.1. The average Bonchev–Trinajstić information content (AvgIpc) is 2.27. The van der Waals surface area contributed by atoms with E-state index in [1.54, 1.807) is 0 Å². The van der Waals surface area contributed by atoms with Gasteiger partial charge in [-0.3, -0.25) is 5.32 Å². The lowest BCUT2D eigenvalue weighted by Crippen LogP contribution is -2.13. The number of ether oxygens (including phenoxy) is 1. The zero-order valence-corrected chi connectivity index (χ0v) is 8.62. The van der Waals surface area contributed by atoms with Crippen molar-refractivity contribution in [2.24, 2.45) is 0 Å². The van der Waals surface area contributed by atoms with Gasteiger partial charge in [0, 0.05) is 5.69 Å². The Labute approximate surface area is 89.4 Å². The molecule has 0 fully saturated rings. The highest BCUT2D eigenvalue weighted by molar-refractivity contribution is 5.84. The maximum absolute atomic E-state index is 11.1. The number of nitrogens with one attached hydrogen (secondary N) is 1. The number of rotatable bonds is 3. The Hall–Kier alpha value is -1.95. The van der Waals surface area contributed by atoms with E-state index < -0.39 is 6.09 Å². The van der Waals surface area contributed by atoms with Crippen molar-refractivity contribution >= 4 is 11.8 Å². The summed E-state index contributed by atoms with van der Waals surface area (Å²) in [5, 5.41) is 2.57. The summed E-state index contributed by atoms with van der Waals surface area (Å²) in [4.78, 5) is 11.1. The molecule has 1 aromatic rings. The van der Waals surface area contributed by atoms with E-state index in [-0.39, 0.29) is 6.61 Å². The van der Waals surface area contributed by atoms with Crippen LogP contribution in [-0.4, -0.2) is 12.7 Å². The van der Waals surface area contributed by atoms with Crippen LogP contribution >= 0.6 is 0 Å². The van der Waals surface area contributed by atoms with Crippen LogP contribution in [0.1, 0.15) is 12.5 Å². The summed E-state index contributed by atoms with van der Waals surface area (Å²) in [7, 11) is 0. The fraction of sp³-hybridized carbons (Fsp3) is 0.250. The van der Waals surface area contributed by atoms with Crippen LogP contribution in [0, 0.1) is 12.3 Å². The molecule has 0 aliphatic carbocycles. The molecule has 1 amide bonds. The number of benzene rings is 1. The van der Waals surface area contributed by atoms with Gasteiger partial charge in [0.25, 0.3) is 0 Å². The first-order valence-corrected chi connectivity index (χ1v) is 4.72. The molecule has 0 bridgehead atoms. The highest BCUT2D eigenvalue weighted by atomic mass is 16.5. The van der Waals surface area contributed by atoms with E-state index in [0.29, 0.717) is 5.69 Å². The van der Waals surface area contributed by atoms with Gasteiger partial charge in [0.05, 0.1) is 0 Å². The minimum absolute atomic E-state index is 0.0150. The predicted molar refractivity (Wildman–Crippen MR) is 59.6 cm³/mol. The average molecular weight is 203 g/mol. The summed E-state index contributed by atoms with van der Waals surface area (Å²) in [6, 6.07) is 7.57. The van der Waals surface area contributed by atoms with Crippen LogP contribution in [0.15, 0.2) is 24.3 Å². The SMILES string of the molecule is C#CCOC(=O)Nc1ccc(CC)cc1. The van der Waals surface area contributed by atoms with Gasteiger partial charge in [0.15, 0.2) is 6.61 Å². The first-order chi connectivity index (χ1) is 7.26. The third-order valence-corrected chi connectivity index (χ3v) is 1.90. The highest BCUT2D eigenvalue weighted by Crippen LogP contribution is 2.09. The summed E-state index contributed by atoms with van der Waals surface area (Å²) in [5.74, 6) is 2.22. The molecule has 0 aromatic heterocycles. The van der Waals surface area contributed by atoms with E-state index in [1.807, 2.05) is 24.3 Å². The molecule has 0 aliphatic heterocycles. The molecule has 0 radical (unpaired) electrons. The highest BCUT2D eigenvalue weighted by Gasteiger charge is 2.01. The second kappa shape index (κ2) is 5.71. The number of carbonyl (C=O) groups is 1. The van der Waals surface area contributed by atoms with Crippen molar-refractivity contribution in [1.29, 1.82) is 0 Å². The topological polar surface area (TPSA) is 38.3 Å². The predicted octanol–water partition coefficient (Wildman–Crippen LogP) is 2.43. The lowest BCUT2D eigenvalue weighted by atomic mass is 10.1. The van der Waals surface area contributed by atoms with Crippen LogP contribution in [-0.2, 0) is 11.2 Å². The van der Waals surface area contributed by atoms with Crippen LogP contribution < -0.4 is 5.32 Å². The minimum Gasteiger partial charge on any atom is -0.436 e. The third-order valence-electron chi connectivity index (χ3n) is 1.90. The van der Waals surface area contributed by atoms with Crippen molar-refractivity contribution in [3.8, 4) is 12.3 Å². The monoisotopic (exact) mass is 203 g/mol. The first-order valence-electron chi connectivity index (χ1n) is 4.72. The Balaban J connectivity index is 2.50. The maximum atomic E-state index is 11.1. The normalized spacial score (nSPS) is 9.07. The number of terminal acetylenes is 1. The summed E-state index contributed by atoms with van der Waals surface area (Å²) < 4.78 is 4.67. The van der Waals surface area contributed by atoms with Gasteiger partial charge < -0.3 is 4.74 Å². The van der Waals surface area contributed by atoms with Gasteiger partial charge in [-0.1, -0.05) is 25.0 Å². The molecule has 3 heteroatoms. The molecule has 0 spiro atoms. The molecule has 1 rings (SSSR count). The molecular formula is C12H13NO2. The van der Waals surface area contributed by atoms with Crippen molar-refractivity contribution in [2.75, 3.05) is 11.9 Å². The van der Waals surface area contributed by atoms with E-state index in [4.69, 9.17) is 6.42 Å². The fourth-order valence-electron chi connectivity index (χ4n) is 1.08. The Morgan fingerprint density at radius 1 is 1.47 bits per heavy atom. The van der Waals surface area contributed by atoms with Crippen LogP contribution in [0.5, 0.6) is 0 Å². The largest absolute Gasteiger partial charge is 0.436 e. The molecule has 0 unspecified atom stereocenters. The molecule has 0 saturated carbocycles. The molecule has 0 heterocycles. The molecule has 3 nitrogen and oxygen atoms in total. The molecule has 78 valence electrons. The van der Waals surface area contributed by atoms with Gasteiger partial charge in [0.2, 0.25) is 0 Å². The standard InChI is InChI=1S/C12H13NO2/c1-3-9-15-12(14)13-11-7-5-10(4-2)6-8-11/h1,5-8H,4,9H2,2H3,(H,13,14). The Bertz CT molecular complexity index is 362. The van der Waals surface area contributed by atoms with E-state index in [1.165, 1.54) is 5.56 Å². The number of carbonyl (C=O) groups excluding carboxylic acids is 1. The quantitative estimate of drug-likeness (QED) is 0.766. The summed E-state index contributed by atoms with van der Waals surface area (Å²) in [6.45, 7) is 2.06. The van der Waals surface area contributed by atoms with Crippen molar-refractivity contribution < 1.29 is 9.53 Å². The Kier molecular flexibility index (Phi) is 4.24. The maximum Gasteiger partial charge on any atom is 0.412 e. The van der Waals surface area contributed by atoms with Gasteiger partial charge in [-0.25, -0.2) is 4.79 Å². The summed E-state index contributed by atoms with van der Waals surface area (Å²) in [5.41, 5.74) is 1.92. The molecule has 0 aliphatic rings. The van der Waals surface area contributed by atoms with Crippen molar-refractivity contribution in [3.05, 3.63) is 29.8 Å². The van der Waals surface area contributed by atoms with Crippen LogP contribution in [0.4, 0.5) is 10.5 Å². The smallest absolute Gasteiger partial charge is 0.412 e. The van der Waals surface area contributed by atoms with Gasteiger partial charge in [0.1, 0.15) is 0 Å². The van der Waals surface area contributed by atoms with Gasteiger partial charge in [-0.2, -0.15) is 0 Å². The summed E-state index contributed by atoms with van der Waals surface area (Å²) >= 11 is 0. The number of aryl methyl sites for hydroxylation is 1.